The molecule has 0 aliphatic carbocycles. The van der Waals surface area contributed by atoms with Gasteiger partial charge in [0.15, 0.2) is 0 Å². The molecule has 94 valence electrons. The summed E-state index contributed by atoms with van der Waals surface area (Å²) in [6.45, 7) is 1.95. The van der Waals surface area contributed by atoms with Crippen LogP contribution in [0.3, 0.4) is 0 Å². The highest BCUT2D eigenvalue weighted by Crippen LogP contribution is 2.25. The van der Waals surface area contributed by atoms with Crippen LogP contribution in [0.1, 0.15) is 5.56 Å². The molecule has 0 unspecified atom stereocenters. The van der Waals surface area contributed by atoms with Crippen molar-refractivity contribution in [1.29, 1.82) is 0 Å². The molecule has 0 aliphatic heterocycles. The van der Waals surface area contributed by atoms with Crippen LogP contribution in [0.5, 0.6) is 0 Å². The van der Waals surface area contributed by atoms with Crippen LogP contribution in [0.4, 0.5) is 5.69 Å². The Morgan fingerprint density at radius 1 is 1.00 bits per heavy atom. The van der Waals surface area contributed by atoms with Gasteiger partial charge in [-0.1, -0.05) is 24.3 Å². The van der Waals surface area contributed by atoms with Crippen LogP contribution in [0.15, 0.2) is 57.7 Å². The van der Waals surface area contributed by atoms with Gasteiger partial charge in [0.25, 0.3) is 0 Å². The second kappa shape index (κ2) is 4.28. The molecule has 0 atom stereocenters. The second-order valence-electron chi connectivity index (χ2n) is 4.56. The molecule has 2 N–H and O–H groups in total. The summed E-state index contributed by atoms with van der Waals surface area (Å²) in [6.07, 6.45) is 0. The summed E-state index contributed by atoms with van der Waals surface area (Å²) >= 11 is 0. The van der Waals surface area contributed by atoms with Crippen molar-refractivity contribution in [3.8, 4) is 11.1 Å². The molecule has 1 heterocycles. The van der Waals surface area contributed by atoms with Crippen LogP contribution in [-0.2, 0) is 0 Å². The summed E-state index contributed by atoms with van der Waals surface area (Å²) in [5.74, 6) is 0. The minimum Gasteiger partial charge on any atom is -0.422 e. The number of rotatable bonds is 1. The lowest BCUT2D eigenvalue weighted by atomic mass is 10.0. The van der Waals surface area contributed by atoms with E-state index in [1.807, 2.05) is 43.3 Å². The Morgan fingerprint density at radius 2 is 1.79 bits per heavy atom. The van der Waals surface area contributed by atoms with Gasteiger partial charge in [-0.15, -0.1) is 0 Å². The van der Waals surface area contributed by atoms with Gasteiger partial charge in [-0.2, -0.15) is 0 Å². The van der Waals surface area contributed by atoms with Crippen LogP contribution in [-0.4, -0.2) is 0 Å². The lowest BCUT2D eigenvalue weighted by Gasteiger charge is -2.07. The first-order valence-electron chi connectivity index (χ1n) is 6.04. The number of para-hydroxylation sites is 1. The fraction of sp³-hybridized carbons (Fsp3) is 0.0625. The maximum absolute atomic E-state index is 12.1. The van der Waals surface area contributed by atoms with Gasteiger partial charge in [0.2, 0.25) is 0 Å². The summed E-state index contributed by atoms with van der Waals surface area (Å²) in [4.78, 5) is 12.1. The molecule has 3 rings (SSSR count). The molecule has 0 saturated heterocycles. The van der Waals surface area contributed by atoms with E-state index in [4.69, 9.17) is 10.2 Å². The van der Waals surface area contributed by atoms with Crippen LogP contribution in [0.2, 0.25) is 0 Å². The summed E-state index contributed by atoms with van der Waals surface area (Å²) in [6, 6.07) is 14.8. The lowest BCUT2D eigenvalue weighted by Crippen LogP contribution is -2.04. The van der Waals surface area contributed by atoms with Gasteiger partial charge >= 0.3 is 5.63 Å². The zero-order chi connectivity index (χ0) is 13.4. The third-order valence-corrected chi connectivity index (χ3v) is 3.19. The second-order valence-corrected chi connectivity index (χ2v) is 4.56. The topological polar surface area (TPSA) is 56.2 Å². The summed E-state index contributed by atoms with van der Waals surface area (Å²) < 4.78 is 5.35. The van der Waals surface area contributed by atoms with Crippen LogP contribution >= 0.6 is 0 Å². The van der Waals surface area contributed by atoms with Crippen molar-refractivity contribution in [3.63, 3.8) is 0 Å². The first-order chi connectivity index (χ1) is 9.15. The standard InChI is InChI=1S/C16H13NO2/c1-10-6-7-12(17)9-13(10)14-8-11-4-2-3-5-15(11)19-16(14)18/h2-9H,17H2,1H3. The number of anilines is 1. The Kier molecular flexibility index (Phi) is 2.60. The van der Waals surface area contributed by atoms with Gasteiger partial charge in [-0.05, 0) is 42.3 Å². The Hall–Kier alpha value is -2.55. The molecule has 0 aliphatic rings. The molecule has 19 heavy (non-hydrogen) atoms. The molecule has 0 fully saturated rings. The predicted molar refractivity (Wildman–Crippen MR) is 77.1 cm³/mol. The monoisotopic (exact) mass is 251 g/mol. The van der Waals surface area contributed by atoms with E-state index >= 15 is 0 Å². The van der Waals surface area contributed by atoms with Gasteiger partial charge in [0.1, 0.15) is 5.58 Å². The van der Waals surface area contributed by atoms with E-state index in [1.165, 1.54) is 0 Å². The van der Waals surface area contributed by atoms with Crippen molar-refractivity contribution < 1.29 is 4.42 Å². The molecule has 2 aromatic carbocycles. The predicted octanol–water partition coefficient (Wildman–Crippen LogP) is 3.35. The zero-order valence-corrected chi connectivity index (χ0v) is 10.5. The van der Waals surface area contributed by atoms with Gasteiger partial charge < -0.3 is 10.2 Å². The molecule has 3 aromatic rings. The Labute approximate surface area is 110 Å². The summed E-state index contributed by atoms with van der Waals surface area (Å²) in [5, 5.41) is 0.902. The minimum absolute atomic E-state index is 0.340. The van der Waals surface area contributed by atoms with Gasteiger partial charge in [0, 0.05) is 11.1 Å². The van der Waals surface area contributed by atoms with Crippen molar-refractivity contribution in [2.45, 2.75) is 6.92 Å². The lowest BCUT2D eigenvalue weighted by molar-refractivity contribution is 0.563. The normalized spacial score (nSPS) is 10.8. The maximum atomic E-state index is 12.1. The third-order valence-electron chi connectivity index (χ3n) is 3.19. The molecule has 3 nitrogen and oxygen atoms in total. The quantitative estimate of drug-likeness (QED) is 0.533. The van der Waals surface area contributed by atoms with Gasteiger partial charge in [-0.3, -0.25) is 0 Å². The summed E-state index contributed by atoms with van der Waals surface area (Å²) in [7, 11) is 0. The van der Waals surface area contributed by atoms with E-state index in [0.29, 0.717) is 16.8 Å². The molecule has 0 saturated carbocycles. The number of benzene rings is 2. The SMILES string of the molecule is Cc1ccc(N)cc1-c1cc2ccccc2oc1=O. The van der Waals surface area contributed by atoms with E-state index < -0.39 is 0 Å². The summed E-state index contributed by atoms with van der Waals surface area (Å²) in [5.41, 5.74) is 9.04. The van der Waals surface area contributed by atoms with Crippen LogP contribution in [0.25, 0.3) is 22.1 Å². The molecule has 1 aromatic heterocycles. The highest BCUT2D eigenvalue weighted by atomic mass is 16.4. The number of aryl methyl sites for hydroxylation is 1. The molecular weight excluding hydrogens is 238 g/mol. The fourth-order valence-electron chi connectivity index (χ4n) is 2.18. The van der Waals surface area contributed by atoms with Crippen molar-refractivity contribution in [2.75, 3.05) is 5.73 Å². The van der Waals surface area contributed by atoms with E-state index in [0.717, 1.165) is 16.5 Å². The van der Waals surface area contributed by atoms with Crippen molar-refractivity contribution in [2.24, 2.45) is 0 Å². The van der Waals surface area contributed by atoms with Crippen LogP contribution < -0.4 is 11.4 Å². The van der Waals surface area contributed by atoms with Crippen molar-refractivity contribution in [3.05, 3.63) is 64.5 Å². The first-order valence-corrected chi connectivity index (χ1v) is 6.04. The highest BCUT2D eigenvalue weighted by Gasteiger charge is 2.10. The van der Waals surface area contributed by atoms with Crippen molar-refractivity contribution >= 4 is 16.7 Å². The van der Waals surface area contributed by atoms with E-state index in [-0.39, 0.29) is 5.63 Å². The molecule has 0 radical (unpaired) electrons. The first kappa shape index (κ1) is 11.5. The smallest absolute Gasteiger partial charge is 0.344 e. The number of nitrogen functional groups attached to an aromatic ring is 1. The van der Waals surface area contributed by atoms with E-state index in [2.05, 4.69) is 0 Å². The molecular formula is C16H13NO2. The maximum Gasteiger partial charge on any atom is 0.344 e. The van der Waals surface area contributed by atoms with E-state index in [1.54, 1.807) is 12.1 Å². The molecule has 0 spiro atoms. The van der Waals surface area contributed by atoms with E-state index in [9.17, 15) is 4.79 Å². The molecule has 3 heteroatoms. The van der Waals surface area contributed by atoms with Crippen LogP contribution in [0, 0.1) is 6.92 Å². The number of nitrogens with two attached hydrogens (primary N) is 1. The largest absolute Gasteiger partial charge is 0.422 e. The molecule has 0 amide bonds. The average molecular weight is 251 g/mol. The number of hydrogen-bond donors (Lipinski definition) is 1. The molecule has 0 bridgehead atoms. The van der Waals surface area contributed by atoms with Gasteiger partial charge in [0.05, 0.1) is 5.56 Å². The minimum atomic E-state index is -0.340. The van der Waals surface area contributed by atoms with Gasteiger partial charge in [-0.25, -0.2) is 4.79 Å². The fourth-order valence-corrected chi connectivity index (χ4v) is 2.18. The number of hydrogen-bond acceptors (Lipinski definition) is 3. The number of fused-ring (bicyclic) bond motifs is 1. The Balaban J connectivity index is 2.33. The highest BCUT2D eigenvalue weighted by molar-refractivity contribution is 5.82. The Morgan fingerprint density at radius 3 is 2.63 bits per heavy atom. The Bertz CT molecular complexity index is 818. The van der Waals surface area contributed by atoms with Crippen molar-refractivity contribution in [1.82, 2.24) is 0 Å². The third kappa shape index (κ3) is 1.99. The zero-order valence-electron chi connectivity index (χ0n) is 10.5. The average Bonchev–Trinajstić information content (AvgIpc) is 2.41.